The molecule has 0 bridgehead atoms. The second kappa shape index (κ2) is 8.28. The molecule has 3 atom stereocenters. The summed E-state index contributed by atoms with van der Waals surface area (Å²) in [5.74, 6) is 1.98. The lowest BCUT2D eigenvalue weighted by Gasteiger charge is -2.30. The summed E-state index contributed by atoms with van der Waals surface area (Å²) in [6.07, 6.45) is 5.86. The standard InChI is InChI=1S/C9H17N.2C2H6/c1-7-3-2-4-8-5-6-10-9(7)8;2*1-2/h7-10H,2-6H2,1H3;2*1-2H3. The van der Waals surface area contributed by atoms with Crippen molar-refractivity contribution in [2.24, 2.45) is 11.8 Å². The molecule has 1 aliphatic heterocycles. The molecule has 0 aromatic rings. The van der Waals surface area contributed by atoms with Crippen LogP contribution in [0.1, 0.15) is 60.3 Å². The molecule has 0 radical (unpaired) electrons. The van der Waals surface area contributed by atoms with E-state index in [9.17, 15) is 0 Å². The summed E-state index contributed by atoms with van der Waals surface area (Å²) < 4.78 is 0. The van der Waals surface area contributed by atoms with Gasteiger partial charge in [0.2, 0.25) is 0 Å². The van der Waals surface area contributed by atoms with Crippen molar-refractivity contribution in [2.75, 3.05) is 6.54 Å². The third-order valence-electron chi connectivity index (χ3n) is 3.25. The minimum Gasteiger partial charge on any atom is -0.313 e. The average molecular weight is 199 g/mol. The van der Waals surface area contributed by atoms with Crippen LogP contribution in [0, 0.1) is 11.8 Å². The predicted octanol–water partition coefficient (Wildman–Crippen LogP) is 3.84. The summed E-state index contributed by atoms with van der Waals surface area (Å²) in [5.41, 5.74) is 0. The van der Waals surface area contributed by atoms with Gasteiger partial charge in [-0.3, -0.25) is 0 Å². The van der Waals surface area contributed by atoms with Crippen molar-refractivity contribution < 1.29 is 0 Å². The molecular weight excluding hydrogens is 170 g/mol. The van der Waals surface area contributed by atoms with Gasteiger partial charge >= 0.3 is 0 Å². The first-order valence-corrected chi connectivity index (χ1v) is 6.61. The van der Waals surface area contributed by atoms with E-state index in [2.05, 4.69) is 12.2 Å². The summed E-state index contributed by atoms with van der Waals surface area (Å²) in [5, 5.41) is 3.61. The zero-order chi connectivity index (χ0) is 11.0. The Hall–Kier alpha value is -0.0400. The minimum absolute atomic E-state index is 0.883. The first-order valence-electron chi connectivity index (χ1n) is 6.61. The molecular formula is C13H29N. The fraction of sp³-hybridized carbons (Fsp3) is 1.00. The summed E-state index contributed by atoms with van der Waals surface area (Å²) in [6.45, 7) is 11.7. The molecule has 1 N–H and O–H groups in total. The van der Waals surface area contributed by atoms with Crippen LogP contribution < -0.4 is 5.32 Å². The van der Waals surface area contributed by atoms with Crippen LogP contribution in [0.15, 0.2) is 0 Å². The number of hydrogen-bond acceptors (Lipinski definition) is 1. The molecule has 1 heteroatoms. The maximum absolute atomic E-state index is 3.61. The highest BCUT2D eigenvalue weighted by Gasteiger charge is 2.33. The summed E-state index contributed by atoms with van der Waals surface area (Å²) in [6, 6.07) is 0.883. The van der Waals surface area contributed by atoms with Crippen molar-refractivity contribution in [2.45, 2.75) is 66.3 Å². The molecule has 0 spiro atoms. The highest BCUT2D eigenvalue weighted by molar-refractivity contribution is 4.90. The number of fused-ring (bicyclic) bond motifs is 1. The molecule has 14 heavy (non-hydrogen) atoms. The van der Waals surface area contributed by atoms with E-state index in [-0.39, 0.29) is 0 Å². The Morgan fingerprint density at radius 3 is 2.14 bits per heavy atom. The van der Waals surface area contributed by atoms with Gasteiger partial charge in [0.05, 0.1) is 0 Å². The van der Waals surface area contributed by atoms with Gasteiger partial charge in [0.15, 0.2) is 0 Å². The largest absolute Gasteiger partial charge is 0.313 e. The average Bonchev–Trinajstić information content (AvgIpc) is 2.73. The van der Waals surface area contributed by atoms with Crippen LogP contribution in [-0.4, -0.2) is 12.6 Å². The molecule has 0 aromatic carbocycles. The third-order valence-corrected chi connectivity index (χ3v) is 3.25. The molecule has 0 amide bonds. The number of hydrogen-bond donors (Lipinski definition) is 1. The topological polar surface area (TPSA) is 12.0 Å². The van der Waals surface area contributed by atoms with Crippen molar-refractivity contribution in [3.8, 4) is 0 Å². The van der Waals surface area contributed by atoms with Crippen LogP contribution in [-0.2, 0) is 0 Å². The fourth-order valence-corrected chi connectivity index (χ4v) is 2.65. The van der Waals surface area contributed by atoms with Gasteiger partial charge in [-0.1, -0.05) is 41.0 Å². The lowest BCUT2D eigenvalue weighted by Crippen LogP contribution is -2.36. The van der Waals surface area contributed by atoms with E-state index in [4.69, 9.17) is 0 Å². The van der Waals surface area contributed by atoms with Crippen molar-refractivity contribution in [3.63, 3.8) is 0 Å². The van der Waals surface area contributed by atoms with E-state index in [0.717, 1.165) is 17.9 Å². The molecule has 86 valence electrons. The maximum Gasteiger partial charge on any atom is 0.0121 e. The number of rotatable bonds is 0. The predicted molar refractivity (Wildman–Crippen MR) is 65.6 cm³/mol. The van der Waals surface area contributed by atoms with Gasteiger partial charge in [-0.05, 0) is 37.6 Å². The minimum atomic E-state index is 0.883. The van der Waals surface area contributed by atoms with Crippen molar-refractivity contribution >= 4 is 0 Å². The molecule has 2 aliphatic rings. The third kappa shape index (κ3) is 3.61. The molecule has 1 nitrogen and oxygen atoms in total. The normalized spacial score (nSPS) is 34.5. The molecule has 0 aromatic heterocycles. The van der Waals surface area contributed by atoms with E-state index >= 15 is 0 Å². The molecule has 1 heterocycles. The zero-order valence-electron chi connectivity index (χ0n) is 10.8. The fourth-order valence-electron chi connectivity index (χ4n) is 2.65. The second-order valence-electron chi connectivity index (χ2n) is 3.94. The number of nitrogens with one attached hydrogen (secondary N) is 1. The van der Waals surface area contributed by atoms with Gasteiger partial charge in [-0.2, -0.15) is 0 Å². The first-order chi connectivity index (χ1) is 6.88. The molecule has 2 rings (SSSR count). The second-order valence-corrected chi connectivity index (χ2v) is 3.94. The van der Waals surface area contributed by atoms with Crippen LogP contribution in [0.5, 0.6) is 0 Å². The van der Waals surface area contributed by atoms with Gasteiger partial charge in [0, 0.05) is 6.04 Å². The van der Waals surface area contributed by atoms with Crippen molar-refractivity contribution in [3.05, 3.63) is 0 Å². The molecule has 1 saturated carbocycles. The lowest BCUT2D eigenvalue weighted by molar-refractivity contribution is 0.245. The monoisotopic (exact) mass is 199 g/mol. The Labute approximate surface area is 90.7 Å². The SMILES string of the molecule is CC.CC.CC1CCCC2CCNC12. The smallest absolute Gasteiger partial charge is 0.0121 e. The highest BCUT2D eigenvalue weighted by atomic mass is 15.0. The lowest BCUT2D eigenvalue weighted by atomic mass is 9.79. The van der Waals surface area contributed by atoms with Crippen LogP contribution in [0.3, 0.4) is 0 Å². The Bertz CT molecular complexity index is 122. The Kier molecular flexibility index (Phi) is 8.26. The van der Waals surface area contributed by atoms with Crippen LogP contribution in [0.4, 0.5) is 0 Å². The first kappa shape index (κ1) is 14.0. The highest BCUT2D eigenvalue weighted by Crippen LogP contribution is 2.33. The quantitative estimate of drug-likeness (QED) is 0.625. The van der Waals surface area contributed by atoms with Crippen LogP contribution >= 0.6 is 0 Å². The summed E-state index contributed by atoms with van der Waals surface area (Å²) >= 11 is 0. The van der Waals surface area contributed by atoms with Gasteiger partial charge in [-0.25, -0.2) is 0 Å². The molecule has 3 unspecified atom stereocenters. The van der Waals surface area contributed by atoms with Gasteiger partial charge in [-0.15, -0.1) is 0 Å². The molecule has 1 saturated heterocycles. The van der Waals surface area contributed by atoms with E-state index in [1.807, 2.05) is 27.7 Å². The van der Waals surface area contributed by atoms with E-state index in [1.54, 1.807) is 0 Å². The Morgan fingerprint density at radius 1 is 0.929 bits per heavy atom. The van der Waals surface area contributed by atoms with Crippen molar-refractivity contribution in [1.29, 1.82) is 0 Å². The maximum atomic E-state index is 3.61. The molecule has 1 aliphatic carbocycles. The summed E-state index contributed by atoms with van der Waals surface area (Å²) in [7, 11) is 0. The Balaban J connectivity index is 0.000000379. The van der Waals surface area contributed by atoms with E-state index in [0.29, 0.717) is 0 Å². The van der Waals surface area contributed by atoms with Crippen LogP contribution in [0.2, 0.25) is 0 Å². The van der Waals surface area contributed by atoms with Gasteiger partial charge in [0.25, 0.3) is 0 Å². The van der Waals surface area contributed by atoms with Gasteiger partial charge < -0.3 is 5.32 Å². The molecule has 2 fully saturated rings. The van der Waals surface area contributed by atoms with E-state index in [1.165, 1.54) is 32.2 Å². The van der Waals surface area contributed by atoms with E-state index < -0.39 is 0 Å². The Morgan fingerprint density at radius 2 is 1.57 bits per heavy atom. The van der Waals surface area contributed by atoms with Gasteiger partial charge in [0.1, 0.15) is 0 Å². The van der Waals surface area contributed by atoms with Crippen molar-refractivity contribution in [1.82, 2.24) is 5.32 Å². The summed E-state index contributed by atoms with van der Waals surface area (Å²) in [4.78, 5) is 0. The zero-order valence-corrected chi connectivity index (χ0v) is 10.8. The van der Waals surface area contributed by atoms with Crippen LogP contribution in [0.25, 0.3) is 0 Å².